The van der Waals surface area contributed by atoms with Crippen LogP contribution in [0.15, 0.2) is 0 Å². The molecule has 4 heteroatoms. The van der Waals surface area contributed by atoms with Crippen molar-refractivity contribution in [2.75, 3.05) is 19.7 Å². The van der Waals surface area contributed by atoms with Crippen LogP contribution >= 0.6 is 0 Å². The van der Waals surface area contributed by atoms with E-state index in [0.717, 1.165) is 25.8 Å². The van der Waals surface area contributed by atoms with E-state index in [2.05, 4.69) is 0 Å². The molecule has 0 spiro atoms. The number of carbonyl (C=O) groups is 1. The van der Waals surface area contributed by atoms with Crippen LogP contribution in [0.25, 0.3) is 0 Å². The summed E-state index contributed by atoms with van der Waals surface area (Å²) in [6, 6.07) is 0.0974. The van der Waals surface area contributed by atoms with Crippen LogP contribution in [0.2, 0.25) is 0 Å². The molecule has 1 fully saturated rings. The van der Waals surface area contributed by atoms with Crippen molar-refractivity contribution < 1.29 is 9.90 Å². The fraction of sp³-hybridized carbons (Fsp3) is 0.917. The summed E-state index contributed by atoms with van der Waals surface area (Å²) in [5.41, 5.74) is 5.97. The minimum absolute atomic E-state index is 0.0452. The summed E-state index contributed by atoms with van der Waals surface area (Å²) in [6.45, 7) is 5.57. The zero-order chi connectivity index (χ0) is 12.1. The molecular weight excluding hydrogens is 204 g/mol. The second-order valence-electron chi connectivity index (χ2n) is 5.13. The van der Waals surface area contributed by atoms with Crippen molar-refractivity contribution in [3.8, 4) is 0 Å². The van der Waals surface area contributed by atoms with Gasteiger partial charge in [-0.15, -0.1) is 0 Å². The third-order valence-corrected chi connectivity index (χ3v) is 3.15. The van der Waals surface area contributed by atoms with Gasteiger partial charge in [-0.25, -0.2) is 0 Å². The molecule has 16 heavy (non-hydrogen) atoms. The minimum Gasteiger partial charge on any atom is -0.396 e. The van der Waals surface area contributed by atoms with Crippen LogP contribution < -0.4 is 5.73 Å². The van der Waals surface area contributed by atoms with Crippen LogP contribution in [-0.2, 0) is 4.79 Å². The number of aliphatic hydroxyl groups excluding tert-OH is 1. The fourth-order valence-electron chi connectivity index (χ4n) is 2.38. The number of likely N-dealkylation sites (tertiary alicyclic amines) is 1. The Hall–Kier alpha value is -0.610. The summed E-state index contributed by atoms with van der Waals surface area (Å²) >= 11 is 0. The Balaban J connectivity index is 2.50. The maximum Gasteiger partial charge on any atom is 0.225 e. The van der Waals surface area contributed by atoms with E-state index in [0.29, 0.717) is 12.5 Å². The van der Waals surface area contributed by atoms with Gasteiger partial charge in [0.1, 0.15) is 0 Å². The Morgan fingerprint density at radius 2 is 2.19 bits per heavy atom. The molecule has 0 aliphatic carbocycles. The van der Waals surface area contributed by atoms with Gasteiger partial charge in [-0.2, -0.15) is 0 Å². The third-order valence-electron chi connectivity index (χ3n) is 3.15. The van der Waals surface area contributed by atoms with Crippen LogP contribution in [0, 0.1) is 11.8 Å². The molecule has 0 aromatic heterocycles. The third kappa shape index (κ3) is 3.76. The monoisotopic (exact) mass is 228 g/mol. The standard InChI is InChI=1S/C12H24N2O2/c1-9(2)12(16)14-7-10(4-3-5-15)6-11(13)8-14/h9-11,15H,3-8,13H2,1-2H3. The fourth-order valence-corrected chi connectivity index (χ4v) is 2.38. The molecule has 4 nitrogen and oxygen atoms in total. The van der Waals surface area contributed by atoms with Gasteiger partial charge >= 0.3 is 0 Å². The van der Waals surface area contributed by atoms with Crippen molar-refractivity contribution in [1.29, 1.82) is 0 Å². The lowest BCUT2D eigenvalue weighted by Crippen LogP contribution is -2.50. The summed E-state index contributed by atoms with van der Waals surface area (Å²) in [6.07, 6.45) is 2.75. The van der Waals surface area contributed by atoms with Gasteiger partial charge in [0.2, 0.25) is 5.91 Å². The summed E-state index contributed by atoms with van der Waals surface area (Å²) in [5, 5.41) is 8.81. The minimum atomic E-state index is 0.0452. The number of hydrogen-bond acceptors (Lipinski definition) is 3. The molecule has 94 valence electrons. The van der Waals surface area contributed by atoms with Gasteiger partial charge in [0.05, 0.1) is 0 Å². The summed E-state index contributed by atoms with van der Waals surface area (Å²) in [7, 11) is 0. The van der Waals surface area contributed by atoms with E-state index < -0.39 is 0 Å². The van der Waals surface area contributed by atoms with Gasteiger partial charge < -0.3 is 15.7 Å². The Kier molecular flexibility index (Phi) is 5.22. The summed E-state index contributed by atoms with van der Waals surface area (Å²) < 4.78 is 0. The van der Waals surface area contributed by atoms with E-state index in [1.165, 1.54) is 0 Å². The number of rotatable bonds is 4. The second-order valence-corrected chi connectivity index (χ2v) is 5.13. The Bertz CT molecular complexity index is 231. The number of nitrogens with zero attached hydrogens (tertiary/aromatic N) is 1. The molecule has 2 atom stereocenters. The predicted octanol–water partition coefficient (Wildman–Crippen LogP) is 0.591. The largest absolute Gasteiger partial charge is 0.396 e. The Labute approximate surface area is 97.8 Å². The van der Waals surface area contributed by atoms with Crippen molar-refractivity contribution in [3.05, 3.63) is 0 Å². The van der Waals surface area contributed by atoms with E-state index in [-0.39, 0.29) is 24.5 Å². The summed E-state index contributed by atoms with van der Waals surface area (Å²) in [4.78, 5) is 13.8. The first-order chi connectivity index (χ1) is 7.54. The predicted molar refractivity (Wildman–Crippen MR) is 63.8 cm³/mol. The number of amides is 1. The van der Waals surface area contributed by atoms with Crippen LogP contribution in [0.5, 0.6) is 0 Å². The highest BCUT2D eigenvalue weighted by Gasteiger charge is 2.28. The quantitative estimate of drug-likeness (QED) is 0.740. The van der Waals surface area contributed by atoms with Gasteiger partial charge in [0.15, 0.2) is 0 Å². The van der Waals surface area contributed by atoms with Gasteiger partial charge in [-0.3, -0.25) is 4.79 Å². The lowest BCUT2D eigenvalue weighted by molar-refractivity contribution is -0.136. The molecule has 1 saturated heterocycles. The molecule has 1 heterocycles. The van der Waals surface area contributed by atoms with E-state index in [9.17, 15) is 4.79 Å². The van der Waals surface area contributed by atoms with Gasteiger partial charge in [-0.1, -0.05) is 13.8 Å². The normalized spacial score (nSPS) is 26.2. The highest BCUT2D eigenvalue weighted by Crippen LogP contribution is 2.21. The topological polar surface area (TPSA) is 66.6 Å². The zero-order valence-corrected chi connectivity index (χ0v) is 10.4. The van der Waals surface area contributed by atoms with E-state index >= 15 is 0 Å². The van der Waals surface area contributed by atoms with Crippen molar-refractivity contribution >= 4 is 5.91 Å². The second kappa shape index (κ2) is 6.21. The molecule has 0 saturated carbocycles. The van der Waals surface area contributed by atoms with Crippen molar-refractivity contribution in [3.63, 3.8) is 0 Å². The molecule has 2 unspecified atom stereocenters. The van der Waals surface area contributed by atoms with Gasteiger partial charge in [0, 0.05) is 31.7 Å². The molecule has 0 aromatic carbocycles. The Morgan fingerprint density at radius 3 is 2.75 bits per heavy atom. The number of piperidine rings is 1. The molecule has 0 bridgehead atoms. The van der Waals surface area contributed by atoms with Crippen LogP contribution in [0.3, 0.4) is 0 Å². The molecule has 1 amide bonds. The number of carbonyl (C=O) groups excluding carboxylic acids is 1. The highest BCUT2D eigenvalue weighted by atomic mass is 16.2. The number of aliphatic hydroxyl groups is 1. The van der Waals surface area contributed by atoms with Crippen molar-refractivity contribution in [1.82, 2.24) is 4.90 Å². The lowest BCUT2D eigenvalue weighted by Gasteiger charge is -2.37. The SMILES string of the molecule is CC(C)C(=O)N1CC(N)CC(CCCO)C1. The van der Waals surface area contributed by atoms with Crippen molar-refractivity contribution in [2.24, 2.45) is 17.6 Å². The maximum atomic E-state index is 11.9. The van der Waals surface area contributed by atoms with Crippen molar-refractivity contribution in [2.45, 2.75) is 39.2 Å². The molecule has 1 aliphatic rings. The first-order valence-electron chi connectivity index (χ1n) is 6.19. The smallest absolute Gasteiger partial charge is 0.225 e. The van der Waals surface area contributed by atoms with Crippen LogP contribution in [0.4, 0.5) is 0 Å². The average molecular weight is 228 g/mol. The lowest BCUT2D eigenvalue weighted by atomic mass is 9.90. The molecule has 1 aliphatic heterocycles. The molecular formula is C12H24N2O2. The van der Waals surface area contributed by atoms with Crippen LogP contribution in [0.1, 0.15) is 33.1 Å². The first-order valence-corrected chi connectivity index (χ1v) is 6.19. The van der Waals surface area contributed by atoms with E-state index in [1.807, 2.05) is 18.7 Å². The summed E-state index contributed by atoms with van der Waals surface area (Å²) in [5.74, 6) is 0.701. The average Bonchev–Trinajstić information content (AvgIpc) is 2.24. The number of nitrogens with two attached hydrogens (primary N) is 1. The Morgan fingerprint density at radius 1 is 1.50 bits per heavy atom. The van der Waals surface area contributed by atoms with E-state index in [1.54, 1.807) is 0 Å². The molecule has 0 aromatic rings. The zero-order valence-electron chi connectivity index (χ0n) is 10.4. The molecule has 0 radical (unpaired) electrons. The van der Waals surface area contributed by atoms with Crippen LogP contribution in [-0.4, -0.2) is 41.7 Å². The van der Waals surface area contributed by atoms with Gasteiger partial charge in [0.25, 0.3) is 0 Å². The van der Waals surface area contributed by atoms with E-state index in [4.69, 9.17) is 10.8 Å². The molecule has 1 rings (SSSR count). The van der Waals surface area contributed by atoms with Gasteiger partial charge in [-0.05, 0) is 25.2 Å². The highest BCUT2D eigenvalue weighted by molar-refractivity contribution is 5.78. The number of hydrogen-bond donors (Lipinski definition) is 2. The maximum absolute atomic E-state index is 11.9. The first kappa shape index (κ1) is 13.5. The molecule has 3 N–H and O–H groups in total.